The van der Waals surface area contributed by atoms with Crippen molar-refractivity contribution >= 4 is 0 Å². The molecule has 4 nitrogen and oxygen atoms in total. The van der Waals surface area contributed by atoms with E-state index in [1.165, 1.54) is 5.69 Å². The van der Waals surface area contributed by atoms with Crippen LogP contribution in [0.1, 0.15) is 45.0 Å². The maximum atomic E-state index is 9.22. The number of aromatic nitrogens is 2. The molecule has 0 aliphatic heterocycles. The second-order valence-corrected chi connectivity index (χ2v) is 4.76. The molecule has 4 heteroatoms. The highest BCUT2D eigenvalue weighted by atomic mass is 16.3. The zero-order valence-corrected chi connectivity index (χ0v) is 12.2. The zero-order chi connectivity index (χ0) is 13.5. The average molecular weight is 253 g/mol. The van der Waals surface area contributed by atoms with Gasteiger partial charge in [0.25, 0.3) is 0 Å². The Morgan fingerprint density at radius 3 is 2.50 bits per heavy atom. The van der Waals surface area contributed by atoms with Gasteiger partial charge in [-0.15, -0.1) is 0 Å². The number of nitrogens with zero attached hydrogens (tertiary/aromatic N) is 3. The molecular formula is C14H27N3O. The lowest BCUT2D eigenvalue weighted by atomic mass is 10.1. The van der Waals surface area contributed by atoms with Gasteiger partial charge in [-0.05, 0) is 32.8 Å². The summed E-state index contributed by atoms with van der Waals surface area (Å²) in [5.74, 6) is 0. The van der Waals surface area contributed by atoms with Crippen LogP contribution >= 0.6 is 0 Å². The molecule has 0 saturated carbocycles. The van der Waals surface area contributed by atoms with E-state index >= 15 is 0 Å². The van der Waals surface area contributed by atoms with E-state index in [0.717, 1.165) is 38.2 Å². The maximum Gasteiger partial charge on any atom is 0.0597 e. The lowest BCUT2D eigenvalue weighted by Gasteiger charge is -2.29. The molecule has 0 aliphatic carbocycles. The van der Waals surface area contributed by atoms with Crippen molar-refractivity contribution in [3.05, 3.63) is 17.5 Å². The third-order valence-corrected chi connectivity index (χ3v) is 3.50. The Morgan fingerprint density at radius 1 is 1.33 bits per heavy atom. The summed E-state index contributed by atoms with van der Waals surface area (Å²) in [4.78, 5) is 2.36. The summed E-state index contributed by atoms with van der Waals surface area (Å²) in [5.41, 5.74) is 2.32. The molecule has 1 heterocycles. The first-order valence-corrected chi connectivity index (χ1v) is 7.04. The van der Waals surface area contributed by atoms with E-state index in [2.05, 4.69) is 41.5 Å². The minimum absolute atomic E-state index is 0.218. The molecule has 0 fully saturated rings. The zero-order valence-electron chi connectivity index (χ0n) is 12.2. The molecule has 1 aromatic heterocycles. The van der Waals surface area contributed by atoms with Gasteiger partial charge in [-0.3, -0.25) is 9.58 Å². The Bertz CT molecular complexity index is 345. The second-order valence-electron chi connectivity index (χ2n) is 4.76. The van der Waals surface area contributed by atoms with Crippen LogP contribution in [0.5, 0.6) is 0 Å². The van der Waals surface area contributed by atoms with E-state index < -0.39 is 0 Å². The van der Waals surface area contributed by atoms with Crippen molar-refractivity contribution in [2.24, 2.45) is 0 Å². The summed E-state index contributed by atoms with van der Waals surface area (Å²) in [5, 5.41) is 13.7. The Labute approximate surface area is 111 Å². The van der Waals surface area contributed by atoms with Crippen LogP contribution in [0.25, 0.3) is 0 Å². The fourth-order valence-corrected chi connectivity index (χ4v) is 2.53. The molecular weight excluding hydrogens is 226 g/mol. The Balaban J connectivity index is 2.81. The Hall–Kier alpha value is -0.870. The van der Waals surface area contributed by atoms with Crippen LogP contribution in [0.4, 0.5) is 0 Å². The standard InChI is InChI=1S/C14H27N3O/c1-5-13(6-2)16(8-9-18)11-14-10-12(4)15-17(14)7-3/h10,13,18H,5-9,11H2,1-4H3. The first kappa shape index (κ1) is 15.2. The molecule has 1 aromatic rings. The predicted octanol–water partition coefficient (Wildman–Crippen LogP) is 2.19. The van der Waals surface area contributed by atoms with Crippen LogP contribution in [0.15, 0.2) is 6.07 Å². The number of aryl methyl sites for hydroxylation is 2. The quantitative estimate of drug-likeness (QED) is 0.772. The molecule has 0 unspecified atom stereocenters. The molecule has 0 saturated heterocycles. The molecule has 0 radical (unpaired) electrons. The lowest BCUT2D eigenvalue weighted by molar-refractivity contribution is 0.133. The topological polar surface area (TPSA) is 41.3 Å². The summed E-state index contributed by atoms with van der Waals surface area (Å²) in [6.07, 6.45) is 2.24. The highest BCUT2D eigenvalue weighted by molar-refractivity contribution is 5.09. The lowest BCUT2D eigenvalue weighted by Crippen LogP contribution is -2.36. The van der Waals surface area contributed by atoms with Crippen LogP contribution < -0.4 is 0 Å². The van der Waals surface area contributed by atoms with E-state index in [-0.39, 0.29) is 6.61 Å². The van der Waals surface area contributed by atoms with E-state index in [4.69, 9.17) is 0 Å². The Morgan fingerprint density at radius 2 is 2.00 bits per heavy atom. The SMILES string of the molecule is CCC(CC)N(CCO)Cc1cc(C)nn1CC. The van der Waals surface area contributed by atoms with Crippen molar-refractivity contribution in [2.75, 3.05) is 13.2 Å². The maximum absolute atomic E-state index is 9.22. The molecule has 18 heavy (non-hydrogen) atoms. The van der Waals surface area contributed by atoms with Gasteiger partial charge in [0, 0.05) is 25.7 Å². The molecule has 1 N–H and O–H groups in total. The van der Waals surface area contributed by atoms with Gasteiger partial charge in [-0.1, -0.05) is 13.8 Å². The molecule has 0 atom stereocenters. The minimum Gasteiger partial charge on any atom is -0.395 e. The molecule has 0 amide bonds. The normalized spacial score (nSPS) is 11.7. The first-order valence-electron chi connectivity index (χ1n) is 7.04. The van der Waals surface area contributed by atoms with Crippen molar-refractivity contribution in [2.45, 2.75) is 59.7 Å². The third kappa shape index (κ3) is 3.82. The average Bonchev–Trinajstić information content (AvgIpc) is 2.71. The minimum atomic E-state index is 0.218. The van der Waals surface area contributed by atoms with Crippen LogP contribution in [-0.2, 0) is 13.1 Å². The second kappa shape index (κ2) is 7.54. The highest BCUT2D eigenvalue weighted by Crippen LogP contribution is 2.14. The van der Waals surface area contributed by atoms with Gasteiger partial charge in [-0.25, -0.2) is 0 Å². The number of aliphatic hydroxyl groups is 1. The van der Waals surface area contributed by atoms with Gasteiger partial charge in [0.2, 0.25) is 0 Å². The molecule has 0 aliphatic rings. The van der Waals surface area contributed by atoms with Gasteiger partial charge < -0.3 is 5.11 Å². The number of aliphatic hydroxyl groups excluding tert-OH is 1. The number of hydrogen-bond donors (Lipinski definition) is 1. The van der Waals surface area contributed by atoms with Gasteiger partial charge in [0.1, 0.15) is 0 Å². The number of hydrogen-bond acceptors (Lipinski definition) is 3. The van der Waals surface area contributed by atoms with Crippen molar-refractivity contribution in [1.29, 1.82) is 0 Å². The van der Waals surface area contributed by atoms with Gasteiger partial charge in [0.15, 0.2) is 0 Å². The first-order chi connectivity index (χ1) is 8.65. The summed E-state index contributed by atoms with van der Waals surface area (Å²) >= 11 is 0. The highest BCUT2D eigenvalue weighted by Gasteiger charge is 2.17. The summed E-state index contributed by atoms with van der Waals surface area (Å²) < 4.78 is 2.06. The number of rotatable bonds is 8. The smallest absolute Gasteiger partial charge is 0.0597 e. The van der Waals surface area contributed by atoms with Crippen LogP contribution in [0, 0.1) is 6.92 Å². The van der Waals surface area contributed by atoms with Crippen LogP contribution in [-0.4, -0.2) is 39.0 Å². The predicted molar refractivity (Wildman–Crippen MR) is 74.5 cm³/mol. The van der Waals surface area contributed by atoms with E-state index in [0.29, 0.717) is 6.04 Å². The molecule has 104 valence electrons. The van der Waals surface area contributed by atoms with Crippen LogP contribution in [0.3, 0.4) is 0 Å². The molecule has 0 aromatic carbocycles. The van der Waals surface area contributed by atoms with E-state index in [9.17, 15) is 5.11 Å². The summed E-state index contributed by atoms with van der Waals surface area (Å²) in [7, 11) is 0. The van der Waals surface area contributed by atoms with Crippen molar-refractivity contribution in [1.82, 2.24) is 14.7 Å². The van der Waals surface area contributed by atoms with Crippen molar-refractivity contribution in [3.63, 3.8) is 0 Å². The fourth-order valence-electron chi connectivity index (χ4n) is 2.53. The fraction of sp³-hybridized carbons (Fsp3) is 0.786. The third-order valence-electron chi connectivity index (χ3n) is 3.50. The van der Waals surface area contributed by atoms with Crippen molar-refractivity contribution in [3.8, 4) is 0 Å². The monoisotopic (exact) mass is 253 g/mol. The Kier molecular flexibility index (Phi) is 6.36. The van der Waals surface area contributed by atoms with Gasteiger partial charge in [0.05, 0.1) is 18.0 Å². The molecule has 1 rings (SSSR count). The largest absolute Gasteiger partial charge is 0.395 e. The molecule has 0 bridgehead atoms. The van der Waals surface area contributed by atoms with Gasteiger partial charge >= 0.3 is 0 Å². The van der Waals surface area contributed by atoms with Crippen LogP contribution in [0.2, 0.25) is 0 Å². The molecule has 0 spiro atoms. The summed E-state index contributed by atoms with van der Waals surface area (Å²) in [6, 6.07) is 2.69. The van der Waals surface area contributed by atoms with Gasteiger partial charge in [-0.2, -0.15) is 5.10 Å². The van der Waals surface area contributed by atoms with E-state index in [1.807, 2.05) is 6.92 Å². The van der Waals surface area contributed by atoms with E-state index in [1.54, 1.807) is 0 Å². The van der Waals surface area contributed by atoms with Crippen molar-refractivity contribution < 1.29 is 5.11 Å². The summed E-state index contributed by atoms with van der Waals surface area (Å²) in [6.45, 7) is 11.3.